The third-order valence-corrected chi connectivity index (χ3v) is 7.05. The van der Waals surface area contributed by atoms with Crippen molar-refractivity contribution in [3.8, 4) is 0 Å². The van der Waals surface area contributed by atoms with E-state index in [9.17, 15) is 4.79 Å². The van der Waals surface area contributed by atoms with Gasteiger partial charge in [0.2, 0.25) is 0 Å². The van der Waals surface area contributed by atoms with Crippen molar-refractivity contribution >= 4 is 5.97 Å². The lowest BCUT2D eigenvalue weighted by molar-refractivity contribution is -0.142. The van der Waals surface area contributed by atoms with Crippen molar-refractivity contribution in [2.45, 2.75) is 157 Å². The number of carbonyl (C=O) groups excluding carboxylic acids is 1. The number of carbonyl (C=O) groups is 1. The predicted octanol–water partition coefficient (Wildman–Crippen LogP) is 10.4. The molecule has 0 saturated carbocycles. The smallest absolute Gasteiger partial charge is 0.306 e. The van der Waals surface area contributed by atoms with E-state index in [0.29, 0.717) is 13.0 Å². The monoisotopic (exact) mass is 464 g/mol. The lowest BCUT2D eigenvalue weighted by Crippen LogP contribution is -2.04. The van der Waals surface area contributed by atoms with Crippen molar-refractivity contribution in [2.75, 3.05) is 6.61 Å². The Balaban J connectivity index is 3.63. The summed E-state index contributed by atoms with van der Waals surface area (Å²) in [4.78, 5) is 11.9. The second-order valence-electron chi connectivity index (χ2n) is 11.3. The van der Waals surface area contributed by atoms with Crippen LogP contribution in [0.5, 0.6) is 0 Å². The molecule has 0 fully saturated rings. The molecule has 2 atom stereocenters. The number of hydrogen-bond acceptors (Lipinski definition) is 2. The summed E-state index contributed by atoms with van der Waals surface area (Å²) in [5.41, 5.74) is 1.36. The maximum atomic E-state index is 11.9. The molecule has 0 rings (SSSR count). The van der Waals surface area contributed by atoms with Gasteiger partial charge < -0.3 is 4.74 Å². The van der Waals surface area contributed by atoms with E-state index in [-0.39, 0.29) is 5.97 Å². The summed E-state index contributed by atoms with van der Waals surface area (Å²) in [6.07, 6.45) is 24.8. The molecule has 0 heterocycles. The maximum absolute atomic E-state index is 11.9. The van der Waals surface area contributed by atoms with Gasteiger partial charge in [-0.25, -0.2) is 0 Å². The van der Waals surface area contributed by atoms with Crippen LogP contribution in [0.25, 0.3) is 0 Å². The summed E-state index contributed by atoms with van der Waals surface area (Å²) in [5, 5.41) is 0. The maximum Gasteiger partial charge on any atom is 0.306 e. The summed E-state index contributed by atoms with van der Waals surface area (Å²) < 4.78 is 5.40. The Kier molecular flexibility index (Phi) is 22.4. The van der Waals surface area contributed by atoms with Gasteiger partial charge >= 0.3 is 5.97 Å². The van der Waals surface area contributed by atoms with E-state index in [1.807, 2.05) is 0 Å². The first kappa shape index (κ1) is 32.2. The van der Waals surface area contributed by atoms with Gasteiger partial charge in [0.05, 0.1) is 0 Å². The predicted molar refractivity (Wildman–Crippen MR) is 147 cm³/mol. The summed E-state index contributed by atoms with van der Waals surface area (Å²) in [5.74, 6) is 2.53. The fourth-order valence-corrected chi connectivity index (χ4v) is 4.56. The van der Waals surface area contributed by atoms with Crippen molar-refractivity contribution < 1.29 is 9.53 Å². The molecule has 0 saturated heterocycles. The van der Waals surface area contributed by atoms with Gasteiger partial charge in [-0.3, -0.25) is 4.79 Å². The molecule has 0 radical (unpaired) electrons. The van der Waals surface area contributed by atoms with E-state index < -0.39 is 0 Å². The van der Waals surface area contributed by atoms with Crippen LogP contribution in [0.15, 0.2) is 11.6 Å². The second kappa shape index (κ2) is 23.0. The highest BCUT2D eigenvalue weighted by atomic mass is 16.5. The molecule has 2 heteroatoms. The zero-order chi connectivity index (χ0) is 24.7. The average molecular weight is 465 g/mol. The molecule has 0 N–H and O–H groups in total. The minimum atomic E-state index is -0.0305. The van der Waals surface area contributed by atoms with Crippen LogP contribution in [0.3, 0.4) is 0 Å². The Labute approximate surface area is 208 Å². The molecule has 0 aliphatic heterocycles. The number of hydrogen-bond donors (Lipinski definition) is 0. The van der Waals surface area contributed by atoms with Crippen LogP contribution in [0.1, 0.15) is 157 Å². The van der Waals surface area contributed by atoms with E-state index in [0.717, 1.165) is 37.0 Å². The number of esters is 1. The van der Waals surface area contributed by atoms with E-state index in [1.165, 1.54) is 95.5 Å². The third-order valence-electron chi connectivity index (χ3n) is 7.05. The highest BCUT2D eigenvalue weighted by molar-refractivity contribution is 5.69. The Bertz CT molecular complexity index is 466. The van der Waals surface area contributed by atoms with Gasteiger partial charge in [-0.15, -0.1) is 0 Å². The molecule has 196 valence electrons. The highest BCUT2D eigenvalue weighted by Crippen LogP contribution is 2.22. The lowest BCUT2D eigenvalue weighted by atomic mass is 9.91. The highest BCUT2D eigenvalue weighted by Gasteiger charge is 2.07. The molecule has 0 aliphatic carbocycles. The molecular formula is C31H60O2. The molecular weight excluding hydrogens is 404 g/mol. The van der Waals surface area contributed by atoms with Gasteiger partial charge in [0.1, 0.15) is 6.61 Å². The summed E-state index contributed by atoms with van der Waals surface area (Å²) in [6, 6.07) is 0. The molecule has 2 nitrogen and oxygen atoms in total. The molecule has 33 heavy (non-hydrogen) atoms. The van der Waals surface area contributed by atoms with Gasteiger partial charge in [-0.05, 0) is 50.0 Å². The first-order valence-electron chi connectivity index (χ1n) is 14.7. The molecule has 0 unspecified atom stereocenters. The standard InChI is InChI=1S/C31H60O2/c1-7-8-9-10-11-12-13-14-24-31(32)33-26-25-30(6)23-17-22-29(5)21-16-20-28(4)19-15-18-27(2)3/h25,27-29H,7-24,26H2,1-6H3/b30-25+/t28-,29-/m1/s1. The molecule has 0 aromatic carbocycles. The summed E-state index contributed by atoms with van der Waals surface area (Å²) in [7, 11) is 0. The Hall–Kier alpha value is -0.790. The van der Waals surface area contributed by atoms with Gasteiger partial charge in [0, 0.05) is 6.42 Å². The largest absolute Gasteiger partial charge is 0.461 e. The van der Waals surface area contributed by atoms with Crippen LogP contribution in [0.2, 0.25) is 0 Å². The van der Waals surface area contributed by atoms with Crippen LogP contribution < -0.4 is 0 Å². The number of ether oxygens (including phenoxy) is 1. The van der Waals surface area contributed by atoms with Gasteiger partial charge in [-0.2, -0.15) is 0 Å². The zero-order valence-corrected chi connectivity index (χ0v) is 23.6. The molecule has 0 aromatic rings. The third kappa shape index (κ3) is 24.1. The van der Waals surface area contributed by atoms with Crippen LogP contribution in [0, 0.1) is 17.8 Å². The molecule has 0 bridgehead atoms. The fourth-order valence-electron chi connectivity index (χ4n) is 4.56. The van der Waals surface area contributed by atoms with Crippen molar-refractivity contribution in [2.24, 2.45) is 17.8 Å². The Morgan fingerprint density at radius 3 is 1.76 bits per heavy atom. The van der Waals surface area contributed by atoms with Crippen molar-refractivity contribution in [3.05, 3.63) is 11.6 Å². The van der Waals surface area contributed by atoms with E-state index in [1.54, 1.807) is 0 Å². The number of allylic oxidation sites excluding steroid dienone is 1. The minimum absolute atomic E-state index is 0.0305. The van der Waals surface area contributed by atoms with Crippen LogP contribution in [0.4, 0.5) is 0 Å². The van der Waals surface area contributed by atoms with Crippen LogP contribution in [-0.2, 0) is 9.53 Å². The first-order chi connectivity index (χ1) is 15.8. The van der Waals surface area contributed by atoms with Crippen LogP contribution in [-0.4, -0.2) is 12.6 Å². The molecule has 0 aromatic heterocycles. The van der Waals surface area contributed by atoms with E-state index in [4.69, 9.17) is 4.74 Å². The van der Waals surface area contributed by atoms with E-state index in [2.05, 4.69) is 47.6 Å². The SMILES string of the molecule is CCCCCCCCCCC(=O)OC/C=C(\C)CCC[C@H](C)CCC[C@H](C)CCCC(C)C. The quantitative estimate of drug-likeness (QED) is 0.0853. The number of unbranched alkanes of at least 4 members (excludes halogenated alkanes) is 7. The number of rotatable bonds is 23. The second-order valence-corrected chi connectivity index (χ2v) is 11.3. The molecule has 0 spiro atoms. The van der Waals surface area contributed by atoms with Gasteiger partial charge in [0.25, 0.3) is 0 Å². The normalized spacial score (nSPS) is 14.0. The van der Waals surface area contributed by atoms with Gasteiger partial charge in [-0.1, -0.05) is 130 Å². The fraction of sp³-hybridized carbons (Fsp3) is 0.903. The van der Waals surface area contributed by atoms with Gasteiger partial charge in [0.15, 0.2) is 0 Å². The Morgan fingerprint density at radius 1 is 0.667 bits per heavy atom. The van der Waals surface area contributed by atoms with E-state index >= 15 is 0 Å². The van der Waals surface area contributed by atoms with Crippen LogP contribution >= 0.6 is 0 Å². The van der Waals surface area contributed by atoms with Crippen molar-refractivity contribution in [3.63, 3.8) is 0 Å². The zero-order valence-electron chi connectivity index (χ0n) is 23.6. The summed E-state index contributed by atoms with van der Waals surface area (Å²) in [6.45, 7) is 14.4. The molecule has 0 amide bonds. The summed E-state index contributed by atoms with van der Waals surface area (Å²) >= 11 is 0. The minimum Gasteiger partial charge on any atom is -0.461 e. The Morgan fingerprint density at radius 2 is 1.18 bits per heavy atom. The lowest BCUT2D eigenvalue weighted by Gasteiger charge is -2.15. The first-order valence-corrected chi connectivity index (χ1v) is 14.7. The molecule has 0 aliphatic rings. The average Bonchev–Trinajstić information content (AvgIpc) is 2.75. The van der Waals surface area contributed by atoms with Crippen molar-refractivity contribution in [1.82, 2.24) is 0 Å². The van der Waals surface area contributed by atoms with Crippen molar-refractivity contribution in [1.29, 1.82) is 0 Å². The topological polar surface area (TPSA) is 26.3 Å².